The van der Waals surface area contributed by atoms with Crippen LogP contribution < -0.4 is 0 Å². The normalized spacial score (nSPS) is 16.6. The van der Waals surface area contributed by atoms with Crippen LogP contribution in [0, 0.1) is 0 Å². The van der Waals surface area contributed by atoms with Gasteiger partial charge in [0.25, 0.3) is 10.0 Å². The summed E-state index contributed by atoms with van der Waals surface area (Å²) in [6.45, 7) is 4.19. The summed E-state index contributed by atoms with van der Waals surface area (Å²) >= 11 is 0. The predicted molar refractivity (Wildman–Crippen MR) is 69.1 cm³/mol. The van der Waals surface area contributed by atoms with Crippen molar-refractivity contribution in [2.45, 2.75) is 24.8 Å². The third kappa shape index (κ3) is 2.13. The number of sulfonamides is 1. The maximum Gasteiger partial charge on any atom is 0.285 e. The highest BCUT2D eigenvalue weighted by Crippen LogP contribution is 2.27. The van der Waals surface area contributed by atoms with Crippen LogP contribution in [0.3, 0.4) is 0 Å². The van der Waals surface area contributed by atoms with Gasteiger partial charge in [0, 0.05) is 18.2 Å². The summed E-state index contributed by atoms with van der Waals surface area (Å²) in [7, 11) is -3.59. The molecule has 1 heterocycles. The molecule has 1 aliphatic heterocycles. The van der Waals surface area contributed by atoms with Crippen molar-refractivity contribution in [2.24, 2.45) is 4.40 Å². The summed E-state index contributed by atoms with van der Waals surface area (Å²) in [5.74, 6) is 0.426. The van der Waals surface area contributed by atoms with E-state index in [9.17, 15) is 8.42 Å². The highest BCUT2D eigenvalue weighted by Gasteiger charge is 2.32. The van der Waals surface area contributed by atoms with Gasteiger partial charge in [-0.15, -0.1) is 4.40 Å². The van der Waals surface area contributed by atoms with Crippen LogP contribution in [0.5, 0.6) is 0 Å². The molecule has 18 heavy (non-hydrogen) atoms. The molecule has 0 saturated heterocycles. The number of nitrogens with zero attached hydrogens (tertiary/aromatic N) is 2. The molecule has 1 aliphatic rings. The van der Waals surface area contributed by atoms with E-state index in [0.717, 1.165) is 0 Å². The van der Waals surface area contributed by atoms with Crippen LogP contribution in [-0.2, 0) is 10.0 Å². The van der Waals surface area contributed by atoms with Crippen molar-refractivity contribution in [3.63, 3.8) is 0 Å². The van der Waals surface area contributed by atoms with Gasteiger partial charge in [-0.2, -0.15) is 8.42 Å². The van der Waals surface area contributed by atoms with Gasteiger partial charge in [0.2, 0.25) is 0 Å². The van der Waals surface area contributed by atoms with Crippen molar-refractivity contribution in [2.75, 3.05) is 13.2 Å². The van der Waals surface area contributed by atoms with Crippen LogP contribution >= 0.6 is 0 Å². The third-order valence-electron chi connectivity index (χ3n) is 2.85. The third-order valence-corrected chi connectivity index (χ3v) is 4.17. The standard InChI is InChI=1S/C12H16N2O3S/c1-9(2)14(7-8-15)12-10-5-3-4-6-11(10)18(16,17)13-12/h3-6,9,15H,7-8H2,1-2H3. The quantitative estimate of drug-likeness (QED) is 0.882. The largest absolute Gasteiger partial charge is 0.395 e. The molecular weight excluding hydrogens is 252 g/mol. The van der Waals surface area contributed by atoms with E-state index in [2.05, 4.69) is 4.40 Å². The first kappa shape index (κ1) is 13.0. The number of amidine groups is 1. The van der Waals surface area contributed by atoms with Gasteiger partial charge < -0.3 is 10.0 Å². The van der Waals surface area contributed by atoms with E-state index >= 15 is 0 Å². The van der Waals surface area contributed by atoms with E-state index in [-0.39, 0.29) is 17.5 Å². The van der Waals surface area contributed by atoms with Crippen molar-refractivity contribution < 1.29 is 13.5 Å². The van der Waals surface area contributed by atoms with Crippen LogP contribution in [0.2, 0.25) is 0 Å². The van der Waals surface area contributed by atoms with Crippen LogP contribution in [0.4, 0.5) is 0 Å². The Hall–Kier alpha value is -1.40. The van der Waals surface area contributed by atoms with E-state index in [1.165, 1.54) is 0 Å². The van der Waals surface area contributed by atoms with E-state index in [1.54, 1.807) is 29.2 Å². The van der Waals surface area contributed by atoms with Crippen LogP contribution in [0.1, 0.15) is 19.4 Å². The van der Waals surface area contributed by atoms with E-state index in [1.807, 2.05) is 13.8 Å². The molecule has 1 N–H and O–H groups in total. The van der Waals surface area contributed by atoms with Crippen LogP contribution in [0.25, 0.3) is 0 Å². The van der Waals surface area contributed by atoms with Gasteiger partial charge in [0.05, 0.1) is 6.61 Å². The molecule has 6 heteroatoms. The summed E-state index contributed by atoms with van der Waals surface area (Å²) in [4.78, 5) is 2.03. The Bertz CT molecular complexity index is 579. The molecule has 0 fully saturated rings. The van der Waals surface area contributed by atoms with Gasteiger partial charge in [0.1, 0.15) is 4.90 Å². The summed E-state index contributed by atoms with van der Waals surface area (Å²) in [6.07, 6.45) is 0. The van der Waals surface area contributed by atoms with Gasteiger partial charge in [-0.05, 0) is 26.0 Å². The fraction of sp³-hybridized carbons (Fsp3) is 0.417. The fourth-order valence-electron chi connectivity index (χ4n) is 2.01. The number of benzene rings is 1. The lowest BCUT2D eigenvalue weighted by Gasteiger charge is -2.27. The lowest BCUT2D eigenvalue weighted by molar-refractivity contribution is 0.231. The Balaban J connectivity index is 2.53. The highest BCUT2D eigenvalue weighted by molar-refractivity contribution is 7.90. The number of aliphatic hydroxyl groups is 1. The number of rotatable bonds is 3. The zero-order valence-electron chi connectivity index (χ0n) is 10.4. The summed E-state index contributed by atoms with van der Waals surface area (Å²) in [5.41, 5.74) is 0.611. The molecule has 98 valence electrons. The van der Waals surface area contributed by atoms with Gasteiger partial charge in [-0.25, -0.2) is 0 Å². The molecular formula is C12H16N2O3S. The van der Waals surface area contributed by atoms with Crippen molar-refractivity contribution >= 4 is 15.9 Å². The highest BCUT2D eigenvalue weighted by atomic mass is 32.2. The molecule has 0 amide bonds. The number of fused-ring (bicyclic) bond motifs is 1. The Morgan fingerprint density at radius 2 is 2.00 bits per heavy atom. The molecule has 0 aliphatic carbocycles. The topological polar surface area (TPSA) is 70.0 Å². The zero-order chi connectivity index (χ0) is 13.3. The average molecular weight is 268 g/mol. The van der Waals surface area contributed by atoms with Gasteiger partial charge in [-0.3, -0.25) is 0 Å². The Morgan fingerprint density at radius 3 is 2.61 bits per heavy atom. The van der Waals surface area contributed by atoms with Gasteiger partial charge in [0.15, 0.2) is 5.84 Å². The van der Waals surface area contributed by atoms with Crippen LogP contribution in [-0.4, -0.2) is 43.5 Å². The van der Waals surface area contributed by atoms with Gasteiger partial charge in [-0.1, -0.05) is 12.1 Å². The SMILES string of the molecule is CC(C)N(CCO)C1=NS(=O)(=O)c2ccccc21. The van der Waals surface area contributed by atoms with Crippen molar-refractivity contribution in [1.29, 1.82) is 0 Å². The molecule has 0 aromatic heterocycles. The number of aliphatic hydroxyl groups excluding tert-OH is 1. The lowest BCUT2D eigenvalue weighted by Crippen LogP contribution is -2.38. The second-order valence-corrected chi connectivity index (χ2v) is 5.97. The summed E-state index contributed by atoms with van der Waals surface area (Å²) in [6, 6.07) is 6.83. The zero-order valence-corrected chi connectivity index (χ0v) is 11.2. The molecule has 1 aromatic carbocycles. The molecule has 0 unspecified atom stereocenters. The monoisotopic (exact) mass is 268 g/mol. The molecule has 0 atom stereocenters. The number of hydrogen-bond acceptors (Lipinski definition) is 4. The predicted octanol–water partition coefficient (Wildman–Crippen LogP) is 0.838. The molecule has 0 radical (unpaired) electrons. The van der Waals surface area contributed by atoms with Gasteiger partial charge >= 0.3 is 0 Å². The van der Waals surface area contributed by atoms with E-state index < -0.39 is 10.0 Å². The minimum atomic E-state index is -3.59. The fourth-order valence-corrected chi connectivity index (χ4v) is 3.23. The first-order chi connectivity index (χ1) is 8.47. The number of hydrogen-bond donors (Lipinski definition) is 1. The average Bonchev–Trinajstić information content (AvgIpc) is 2.59. The first-order valence-corrected chi connectivity index (χ1v) is 7.23. The first-order valence-electron chi connectivity index (χ1n) is 5.79. The molecule has 0 bridgehead atoms. The van der Waals surface area contributed by atoms with Crippen molar-refractivity contribution in [3.8, 4) is 0 Å². The van der Waals surface area contributed by atoms with Crippen molar-refractivity contribution in [1.82, 2.24) is 4.90 Å². The van der Waals surface area contributed by atoms with E-state index in [0.29, 0.717) is 17.9 Å². The molecule has 0 spiro atoms. The minimum absolute atomic E-state index is 0.0422. The lowest BCUT2D eigenvalue weighted by atomic mass is 10.1. The second-order valence-electron chi connectivity index (χ2n) is 4.40. The Kier molecular flexibility index (Phi) is 3.41. The minimum Gasteiger partial charge on any atom is -0.395 e. The smallest absolute Gasteiger partial charge is 0.285 e. The Labute approximate surface area is 107 Å². The molecule has 5 nitrogen and oxygen atoms in total. The molecule has 1 aromatic rings. The van der Waals surface area contributed by atoms with E-state index in [4.69, 9.17) is 5.11 Å². The maximum absolute atomic E-state index is 11.9. The molecule has 0 saturated carbocycles. The second kappa shape index (κ2) is 4.70. The molecule has 2 rings (SSSR count). The maximum atomic E-state index is 11.9. The summed E-state index contributed by atoms with van der Waals surface area (Å²) in [5, 5.41) is 9.08. The van der Waals surface area contributed by atoms with Crippen molar-refractivity contribution in [3.05, 3.63) is 29.8 Å². The summed E-state index contributed by atoms with van der Waals surface area (Å²) < 4.78 is 27.7. The van der Waals surface area contributed by atoms with Crippen LogP contribution in [0.15, 0.2) is 33.6 Å². The Morgan fingerprint density at radius 1 is 1.33 bits per heavy atom.